The number of likely N-dealkylation sites (N-methyl/N-ethyl adjacent to an activating group) is 1. The molecule has 0 radical (unpaired) electrons. The van der Waals surface area contributed by atoms with Gasteiger partial charge in [-0.1, -0.05) is 35.9 Å². The van der Waals surface area contributed by atoms with Crippen molar-refractivity contribution in [1.82, 2.24) is 10.2 Å². The number of benzene rings is 3. The quantitative estimate of drug-likeness (QED) is 0.276. The summed E-state index contributed by atoms with van der Waals surface area (Å²) in [6.45, 7) is 4.37. The van der Waals surface area contributed by atoms with Gasteiger partial charge < -0.3 is 15.0 Å². The predicted octanol–water partition coefficient (Wildman–Crippen LogP) is 3.58. The third kappa shape index (κ3) is 6.75. The zero-order chi connectivity index (χ0) is 29.6. The number of amides is 2. The Morgan fingerprint density at radius 1 is 1.02 bits per heavy atom. The minimum Gasteiger partial charge on any atom is -0.497 e. The van der Waals surface area contributed by atoms with E-state index < -0.39 is 39.3 Å². The van der Waals surface area contributed by atoms with Gasteiger partial charge in [0, 0.05) is 25.2 Å². The van der Waals surface area contributed by atoms with Crippen LogP contribution in [-0.4, -0.2) is 56.8 Å². The SMILES string of the molecule is CNC(=O)C(C)N(Cc1ccc(C)cc1)C(=O)CN(c1ccc(OC)cc1)S(=O)(=O)c1ccc(C)c([N+](=O)[O-])c1. The molecule has 3 aromatic rings. The van der Waals surface area contributed by atoms with Crippen molar-refractivity contribution in [2.24, 2.45) is 0 Å². The van der Waals surface area contributed by atoms with Gasteiger partial charge in [0.05, 0.1) is 22.6 Å². The Balaban J connectivity index is 2.09. The summed E-state index contributed by atoms with van der Waals surface area (Å²) in [7, 11) is -1.55. The summed E-state index contributed by atoms with van der Waals surface area (Å²) < 4.78 is 33.9. The molecule has 0 aromatic heterocycles. The van der Waals surface area contributed by atoms with Crippen LogP contribution in [0.2, 0.25) is 0 Å². The second-order valence-corrected chi connectivity index (χ2v) is 11.1. The Labute approximate surface area is 233 Å². The van der Waals surface area contributed by atoms with E-state index in [1.54, 1.807) is 6.92 Å². The molecule has 1 unspecified atom stereocenters. The zero-order valence-electron chi connectivity index (χ0n) is 23.0. The molecule has 0 heterocycles. The van der Waals surface area contributed by atoms with Gasteiger partial charge in [-0.25, -0.2) is 8.42 Å². The van der Waals surface area contributed by atoms with Crippen molar-refractivity contribution in [2.75, 3.05) is 25.0 Å². The second-order valence-electron chi connectivity index (χ2n) is 9.21. The van der Waals surface area contributed by atoms with Gasteiger partial charge in [-0.05, 0) is 56.7 Å². The van der Waals surface area contributed by atoms with Crippen LogP contribution in [0.3, 0.4) is 0 Å². The van der Waals surface area contributed by atoms with Crippen molar-refractivity contribution in [1.29, 1.82) is 0 Å². The van der Waals surface area contributed by atoms with Crippen LogP contribution in [0.4, 0.5) is 11.4 Å². The van der Waals surface area contributed by atoms with Gasteiger partial charge in [-0.15, -0.1) is 0 Å². The Bertz CT molecular complexity index is 1490. The van der Waals surface area contributed by atoms with Gasteiger partial charge in [0.2, 0.25) is 11.8 Å². The zero-order valence-corrected chi connectivity index (χ0v) is 23.8. The van der Waals surface area contributed by atoms with Crippen molar-refractivity contribution < 1.29 is 27.7 Å². The van der Waals surface area contributed by atoms with Crippen molar-refractivity contribution in [3.05, 3.63) is 93.5 Å². The number of hydrogen-bond donors (Lipinski definition) is 1. The van der Waals surface area contributed by atoms with Crippen LogP contribution in [0.1, 0.15) is 23.6 Å². The summed E-state index contributed by atoms with van der Waals surface area (Å²) in [4.78, 5) is 38.2. The van der Waals surface area contributed by atoms with Crippen LogP contribution < -0.4 is 14.4 Å². The number of nitrogens with one attached hydrogen (secondary N) is 1. The van der Waals surface area contributed by atoms with E-state index in [9.17, 15) is 28.1 Å². The Morgan fingerprint density at radius 3 is 2.20 bits per heavy atom. The normalized spacial score (nSPS) is 11.8. The average molecular weight is 569 g/mol. The van der Waals surface area contributed by atoms with Gasteiger partial charge in [0.15, 0.2) is 0 Å². The topological polar surface area (TPSA) is 139 Å². The molecule has 0 saturated carbocycles. The fourth-order valence-corrected chi connectivity index (χ4v) is 5.47. The van der Waals surface area contributed by atoms with E-state index in [1.807, 2.05) is 31.2 Å². The van der Waals surface area contributed by atoms with E-state index >= 15 is 0 Å². The van der Waals surface area contributed by atoms with Crippen LogP contribution in [-0.2, 0) is 26.2 Å². The van der Waals surface area contributed by atoms with Gasteiger partial charge in [0.1, 0.15) is 18.3 Å². The highest BCUT2D eigenvalue weighted by Crippen LogP contribution is 2.29. The molecule has 0 aliphatic rings. The van der Waals surface area contributed by atoms with Crippen LogP contribution in [0.15, 0.2) is 71.6 Å². The lowest BCUT2D eigenvalue weighted by atomic mass is 10.1. The first kappa shape index (κ1) is 30.1. The summed E-state index contributed by atoms with van der Waals surface area (Å²) in [5.74, 6) is -0.598. The maximum Gasteiger partial charge on any atom is 0.273 e. The number of methoxy groups -OCH3 is 1. The van der Waals surface area contributed by atoms with E-state index in [1.165, 1.54) is 62.4 Å². The number of aryl methyl sites for hydroxylation is 2. The molecule has 0 spiro atoms. The van der Waals surface area contributed by atoms with Crippen LogP contribution in [0, 0.1) is 24.0 Å². The van der Waals surface area contributed by atoms with E-state index in [2.05, 4.69) is 5.32 Å². The molecule has 1 atom stereocenters. The number of nitrogens with zero attached hydrogens (tertiary/aromatic N) is 3. The maximum atomic E-state index is 13.9. The number of sulfonamides is 1. The van der Waals surface area contributed by atoms with E-state index in [0.29, 0.717) is 11.3 Å². The van der Waals surface area contributed by atoms with Crippen molar-refractivity contribution in [3.63, 3.8) is 0 Å². The lowest BCUT2D eigenvalue weighted by molar-refractivity contribution is -0.385. The standard InChI is InChI=1S/C28H32N4O7S/c1-19-6-9-22(10-7-19)17-30(21(3)28(34)29-4)27(33)18-31(23-11-13-24(39-5)14-12-23)40(37,38)25-15-8-20(2)26(16-25)32(35)36/h6-16,21H,17-18H2,1-5H3,(H,29,34). The number of ether oxygens (including phenoxy) is 1. The van der Waals surface area contributed by atoms with Crippen molar-refractivity contribution in [2.45, 2.75) is 38.3 Å². The molecule has 3 aromatic carbocycles. The number of anilines is 1. The summed E-state index contributed by atoms with van der Waals surface area (Å²) in [6.07, 6.45) is 0. The summed E-state index contributed by atoms with van der Waals surface area (Å²) >= 11 is 0. The van der Waals surface area contributed by atoms with Crippen LogP contribution in [0.25, 0.3) is 0 Å². The first-order valence-corrected chi connectivity index (χ1v) is 13.8. The molecule has 40 heavy (non-hydrogen) atoms. The van der Waals surface area contributed by atoms with Crippen molar-refractivity contribution >= 4 is 33.2 Å². The van der Waals surface area contributed by atoms with Crippen LogP contribution >= 0.6 is 0 Å². The predicted molar refractivity (Wildman–Crippen MR) is 151 cm³/mol. The smallest absolute Gasteiger partial charge is 0.273 e. The fourth-order valence-electron chi connectivity index (χ4n) is 4.03. The number of carbonyl (C=O) groups is 2. The molecule has 11 nitrogen and oxygen atoms in total. The molecule has 1 N–H and O–H groups in total. The number of carbonyl (C=O) groups excluding carboxylic acids is 2. The minimum absolute atomic E-state index is 0.0558. The largest absolute Gasteiger partial charge is 0.497 e. The highest BCUT2D eigenvalue weighted by molar-refractivity contribution is 7.92. The molecule has 12 heteroatoms. The molecular weight excluding hydrogens is 536 g/mol. The monoisotopic (exact) mass is 568 g/mol. The van der Waals surface area contributed by atoms with Gasteiger partial charge in [-0.2, -0.15) is 0 Å². The number of nitro groups is 1. The highest BCUT2D eigenvalue weighted by atomic mass is 32.2. The third-order valence-corrected chi connectivity index (χ3v) is 8.26. The lowest BCUT2D eigenvalue weighted by Crippen LogP contribution is -2.50. The lowest BCUT2D eigenvalue weighted by Gasteiger charge is -2.31. The van der Waals surface area contributed by atoms with E-state index in [4.69, 9.17) is 4.74 Å². The minimum atomic E-state index is -4.47. The molecule has 0 saturated heterocycles. The number of nitro benzene ring substituents is 1. The Hall–Kier alpha value is -4.45. The molecule has 2 amide bonds. The van der Waals surface area contributed by atoms with E-state index in [-0.39, 0.29) is 22.8 Å². The molecule has 0 fully saturated rings. The second kappa shape index (κ2) is 12.6. The summed E-state index contributed by atoms with van der Waals surface area (Å²) in [6, 6.07) is 16.1. The van der Waals surface area contributed by atoms with E-state index in [0.717, 1.165) is 21.5 Å². The van der Waals surface area contributed by atoms with Gasteiger partial charge in [-0.3, -0.25) is 24.0 Å². The maximum absolute atomic E-state index is 13.9. The molecular formula is C28H32N4O7S. The molecule has 0 aliphatic carbocycles. The van der Waals surface area contributed by atoms with Crippen molar-refractivity contribution in [3.8, 4) is 5.75 Å². The van der Waals surface area contributed by atoms with Gasteiger partial charge in [0.25, 0.3) is 15.7 Å². The van der Waals surface area contributed by atoms with Crippen LogP contribution in [0.5, 0.6) is 5.75 Å². The number of rotatable bonds is 11. The molecule has 0 bridgehead atoms. The summed E-state index contributed by atoms with van der Waals surface area (Å²) in [5.41, 5.74) is 1.84. The molecule has 3 rings (SSSR count). The Kier molecular flexibility index (Phi) is 9.48. The van der Waals surface area contributed by atoms with Gasteiger partial charge >= 0.3 is 0 Å². The molecule has 212 valence electrons. The Morgan fingerprint density at radius 2 is 1.65 bits per heavy atom. The highest BCUT2D eigenvalue weighted by Gasteiger charge is 2.33. The average Bonchev–Trinajstić information content (AvgIpc) is 2.94. The first-order chi connectivity index (χ1) is 18.9. The number of hydrogen-bond acceptors (Lipinski definition) is 7. The molecule has 0 aliphatic heterocycles. The fraction of sp³-hybridized carbons (Fsp3) is 0.286. The first-order valence-electron chi connectivity index (χ1n) is 12.4. The third-order valence-electron chi connectivity index (χ3n) is 6.49. The summed E-state index contributed by atoms with van der Waals surface area (Å²) in [5, 5.41) is 14.1.